The van der Waals surface area contributed by atoms with Gasteiger partial charge >= 0.3 is 0 Å². The van der Waals surface area contributed by atoms with E-state index in [9.17, 15) is 13.2 Å². The zero-order chi connectivity index (χ0) is 23.1. The van der Waals surface area contributed by atoms with Crippen LogP contribution in [0.25, 0.3) is 0 Å². The molecule has 0 unspecified atom stereocenters. The number of methoxy groups -OCH3 is 2. The molecule has 0 heterocycles. The number of ether oxygens (including phenoxy) is 2. The minimum atomic E-state index is -3.84. The number of amides is 1. The third-order valence-corrected chi connectivity index (χ3v) is 6.24. The standard InChI is InChI=1S/C24H26N2O5S/c1-17-4-6-18(7-5-17)8-15-24(27)25-19-9-12-21(13-10-19)32(28,29)26-22-14-11-20(30-2)16-23(22)31-3/h4-7,9-14,16,26H,8,15H2,1-3H3,(H,25,27). The molecule has 0 fully saturated rings. The van der Waals surface area contributed by atoms with Gasteiger partial charge < -0.3 is 14.8 Å². The number of aryl methyl sites for hydroxylation is 2. The van der Waals surface area contributed by atoms with Gasteiger partial charge in [-0.2, -0.15) is 0 Å². The van der Waals surface area contributed by atoms with Gasteiger partial charge in [0.15, 0.2) is 0 Å². The van der Waals surface area contributed by atoms with E-state index in [0.29, 0.717) is 35.7 Å². The van der Waals surface area contributed by atoms with Gasteiger partial charge in [-0.3, -0.25) is 9.52 Å². The average Bonchev–Trinajstić information content (AvgIpc) is 2.79. The average molecular weight is 455 g/mol. The molecule has 0 aliphatic heterocycles. The first-order valence-corrected chi connectivity index (χ1v) is 11.5. The number of rotatable bonds is 9. The zero-order valence-corrected chi connectivity index (χ0v) is 19.0. The van der Waals surface area contributed by atoms with Gasteiger partial charge in [0.1, 0.15) is 11.5 Å². The molecular weight excluding hydrogens is 428 g/mol. The number of hydrogen-bond acceptors (Lipinski definition) is 5. The Kier molecular flexibility index (Phi) is 7.37. The molecule has 0 radical (unpaired) electrons. The number of anilines is 2. The van der Waals surface area contributed by atoms with E-state index >= 15 is 0 Å². The number of benzene rings is 3. The van der Waals surface area contributed by atoms with E-state index in [1.807, 2.05) is 31.2 Å². The summed E-state index contributed by atoms with van der Waals surface area (Å²) in [4.78, 5) is 12.3. The molecule has 0 spiro atoms. The van der Waals surface area contributed by atoms with Crippen molar-refractivity contribution in [2.45, 2.75) is 24.7 Å². The molecule has 3 rings (SSSR count). The van der Waals surface area contributed by atoms with Crippen molar-refractivity contribution in [3.63, 3.8) is 0 Å². The Morgan fingerprint density at radius 2 is 1.59 bits per heavy atom. The molecule has 0 bridgehead atoms. The first-order chi connectivity index (χ1) is 15.3. The monoisotopic (exact) mass is 454 g/mol. The summed E-state index contributed by atoms with van der Waals surface area (Å²) in [7, 11) is -0.881. The molecule has 1 amide bonds. The quantitative estimate of drug-likeness (QED) is 0.500. The summed E-state index contributed by atoms with van der Waals surface area (Å²) in [6, 6.07) is 18.8. The first-order valence-electron chi connectivity index (χ1n) is 10.0. The molecular formula is C24H26N2O5S. The van der Waals surface area contributed by atoms with Gasteiger partial charge in [-0.05, 0) is 55.3 Å². The van der Waals surface area contributed by atoms with Crippen molar-refractivity contribution in [3.8, 4) is 11.5 Å². The fourth-order valence-corrected chi connectivity index (χ4v) is 4.11. The van der Waals surface area contributed by atoms with E-state index in [2.05, 4.69) is 10.0 Å². The molecule has 2 N–H and O–H groups in total. The van der Waals surface area contributed by atoms with Gasteiger partial charge in [-0.25, -0.2) is 8.42 Å². The van der Waals surface area contributed by atoms with Crippen molar-refractivity contribution < 1.29 is 22.7 Å². The largest absolute Gasteiger partial charge is 0.497 e. The van der Waals surface area contributed by atoms with Gasteiger partial charge in [-0.1, -0.05) is 29.8 Å². The number of nitrogens with one attached hydrogen (secondary N) is 2. The normalized spacial score (nSPS) is 11.0. The Labute approximate surface area is 188 Å². The zero-order valence-electron chi connectivity index (χ0n) is 18.2. The lowest BCUT2D eigenvalue weighted by molar-refractivity contribution is -0.116. The molecule has 7 nitrogen and oxygen atoms in total. The minimum absolute atomic E-state index is 0.0630. The van der Waals surface area contributed by atoms with Crippen LogP contribution in [-0.4, -0.2) is 28.5 Å². The second kappa shape index (κ2) is 10.2. The van der Waals surface area contributed by atoms with E-state index in [-0.39, 0.29) is 10.8 Å². The Morgan fingerprint density at radius 1 is 0.906 bits per heavy atom. The fraction of sp³-hybridized carbons (Fsp3) is 0.208. The maximum Gasteiger partial charge on any atom is 0.262 e. The van der Waals surface area contributed by atoms with Gasteiger partial charge in [-0.15, -0.1) is 0 Å². The highest BCUT2D eigenvalue weighted by molar-refractivity contribution is 7.92. The summed E-state index contributed by atoms with van der Waals surface area (Å²) in [5, 5.41) is 2.79. The molecule has 0 aliphatic rings. The maximum absolute atomic E-state index is 12.8. The summed E-state index contributed by atoms with van der Waals surface area (Å²) in [6.45, 7) is 2.02. The molecule has 168 valence electrons. The van der Waals surface area contributed by atoms with Crippen molar-refractivity contribution in [2.75, 3.05) is 24.3 Å². The van der Waals surface area contributed by atoms with E-state index in [1.54, 1.807) is 30.3 Å². The third kappa shape index (κ3) is 6.01. The van der Waals surface area contributed by atoms with Gasteiger partial charge in [0.05, 0.1) is 24.8 Å². The Balaban J connectivity index is 1.62. The third-order valence-electron chi connectivity index (χ3n) is 4.86. The van der Waals surface area contributed by atoms with Crippen LogP contribution in [-0.2, 0) is 21.2 Å². The second-order valence-electron chi connectivity index (χ2n) is 7.23. The van der Waals surface area contributed by atoms with Crippen LogP contribution in [0.3, 0.4) is 0 Å². The second-order valence-corrected chi connectivity index (χ2v) is 8.91. The Morgan fingerprint density at radius 3 is 2.22 bits per heavy atom. The molecule has 0 aliphatic carbocycles. The van der Waals surface area contributed by atoms with Crippen LogP contribution < -0.4 is 19.5 Å². The summed E-state index contributed by atoms with van der Waals surface area (Å²) < 4.78 is 38.4. The van der Waals surface area contributed by atoms with Crippen LogP contribution in [0, 0.1) is 6.92 Å². The van der Waals surface area contributed by atoms with Crippen molar-refractivity contribution in [1.82, 2.24) is 0 Å². The van der Waals surface area contributed by atoms with Crippen molar-refractivity contribution in [2.24, 2.45) is 0 Å². The maximum atomic E-state index is 12.8. The van der Waals surface area contributed by atoms with Crippen LogP contribution in [0.2, 0.25) is 0 Å². The molecule has 3 aromatic rings. The smallest absolute Gasteiger partial charge is 0.262 e. The highest BCUT2D eigenvalue weighted by atomic mass is 32.2. The van der Waals surface area contributed by atoms with E-state index in [1.165, 1.54) is 31.9 Å². The first kappa shape index (κ1) is 23.1. The van der Waals surface area contributed by atoms with Crippen molar-refractivity contribution in [1.29, 1.82) is 0 Å². The van der Waals surface area contributed by atoms with Crippen LogP contribution in [0.5, 0.6) is 11.5 Å². The van der Waals surface area contributed by atoms with Crippen LogP contribution in [0.15, 0.2) is 71.6 Å². The molecule has 0 atom stereocenters. The number of hydrogen-bond donors (Lipinski definition) is 2. The summed E-state index contributed by atoms with van der Waals surface area (Å²) in [5.41, 5.74) is 3.09. The molecule has 0 aromatic heterocycles. The summed E-state index contributed by atoms with van der Waals surface area (Å²) >= 11 is 0. The van der Waals surface area contributed by atoms with Crippen molar-refractivity contribution >= 4 is 27.3 Å². The van der Waals surface area contributed by atoms with Crippen LogP contribution in [0.4, 0.5) is 11.4 Å². The predicted molar refractivity (Wildman–Crippen MR) is 125 cm³/mol. The lowest BCUT2D eigenvalue weighted by Gasteiger charge is -2.13. The number of sulfonamides is 1. The van der Waals surface area contributed by atoms with E-state index in [0.717, 1.165) is 5.56 Å². The molecule has 8 heteroatoms. The Hall–Kier alpha value is -3.52. The van der Waals surface area contributed by atoms with Crippen LogP contribution in [0.1, 0.15) is 17.5 Å². The minimum Gasteiger partial charge on any atom is -0.497 e. The SMILES string of the molecule is COc1ccc(NS(=O)(=O)c2ccc(NC(=O)CCc3ccc(C)cc3)cc2)c(OC)c1. The molecule has 0 saturated heterocycles. The van der Waals surface area contributed by atoms with Gasteiger partial charge in [0.25, 0.3) is 10.0 Å². The lowest BCUT2D eigenvalue weighted by Crippen LogP contribution is -2.15. The van der Waals surface area contributed by atoms with Gasteiger partial charge in [0, 0.05) is 18.2 Å². The Bertz CT molecular complexity index is 1170. The number of carbonyl (C=O) groups excluding carboxylic acids is 1. The fourth-order valence-electron chi connectivity index (χ4n) is 3.04. The van der Waals surface area contributed by atoms with Gasteiger partial charge in [0.2, 0.25) is 5.91 Å². The highest BCUT2D eigenvalue weighted by Crippen LogP contribution is 2.31. The lowest BCUT2D eigenvalue weighted by atomic mass is 10.1. The summed E-state index contributed by atoms with van der Waals surface area (Å²) in [5.74, 6) is 0.750. The highest BCUT2D eigenvalue weighted by Gasteiger charge is 2.17. The van der Waals surface area contributed by atoms with E-state index < -0.39 is 10.0 Å². The summed E-state index contributed by atoms with van der Waals surface area (Å²) in [6.07, 6.45) is 0.966. The molecule has 3 aromatic carbocycles. The van der Waals surface area contributed by atoms with Crippen LogP contribution >= 0.6 is 0 Å². The van der Waals surface area contributed by atoms with E-state index in [4.69, 9.17) is 9.47 Å². The molecule has 0 saturated carbocycles. The number of carbonyl (C=O) groups is 1. The topological polar surface area (TPSA) is 93.7 Å². The van der Waals surface area contributed by atoms with Crippen molar-refractivity contribution in [3.05, 3.63) is 77.9 Å². The predicted octanol–water partition coefficient (Wildman–Crippen LogP) is 4.38. The molecule has 32 heavy (non-hydrogen) atoms.